The summed E-state index contributed by atoms with van der Waals surface area (Å²) in [7, 11) is -2.61. The van der Waals surface area contributed by atoms with E-state index in [1.165, 1.54) is 11.6 Å². The highest BCUT2D eigenvalue weighted by molar-refractivity contribution is 7.89. The van der Waals surface area contributed by atoms with Crippen LogP contribution in [0.25, 0.3) is 11.2 Å². The van der Waals surface area contributed by atoms with Crippen molar-refractivity contribution in [2.24, 2.45) is 7.05 Å². The molecule has 2 N–H and O–H groups in total. The Balaban J connectivity index is 2.32. The molecule has 0 amide bonds. The maximum absolute atomic E-state index is 12.8. The lowest BCUT2D eigenvalue weighted by Crippen LogP contribution is -2.32. The van der Waals surface area contributed by atoms with Crippen LogP contribution in [0.3, 0.4) is 0 Å². The molecule has 0 spiro atoms. The SMILES string of the molecule is CC(C)NS(=O)(=O)c1nc2c(c(=O)[nH]c(=O)n2C)n1Cc1ccc(Cl)cc1. The van der Waals surface area contributed by atoms with E-state index in [-0.39, 0.29) is 28.9 Å². The number of benzene rings is 1. The molecule has 27 heavy (non-hydrogen) atoms. The number of H-pyrrole nitrogens is 1. The van der Waals surface area contributed by atoms with Crippen molar-refractivity contribution in [1.82, 2.24) is 23.8 Å². The van der Waals surface area contributed by atoms with E-state index in [0.717, 1.165) is 4.57 Å². The number of aromatic amines is 1. The zero-order chi connectivity index (χ0) is 19.9. The number of nitrogens with one attached hydrogen (secondary N) is 2. The molecule has 3 aromatic rings. The Hall–Kier alpha value is -2.43. The van der Waals surface area contributed by atoms with Crippen LogP contribution in [-0.2, 0) is 23.6 Å². The van der Waals surface area contributed by atoms with Gasteiger partial charge in [0.25, 0.3) is 15.6 Å². The number of aromatic nitrogens is 4. The minimum Gasteiger partial charge on any atom is -0.303 e. The fourth-order valence-corrected chi connectivity index (χ4v) is 4.21. The van der Waals surface area contributed by atoms with E-state index in [1.54, 1.807) is 38.1 Å². The van der Waals surface area contributed by atoms with Crippen LogP contribution in [0.4, 0.5) is 0 Å². The molecule has 11 heteroatoms. The lowest BCUT2D eigenvalue weighted by Gasteiger charge is -2.12. The number of nitrogens with zero attached hydrogens (tertiary/aromatic N) is 3. The molecule has 144 valence electrons. The standard InChI is InChI=1S/C16H18ClN5O4S/c1-9(2)20-27(25,26)16-18-13-12(14(23)19-15(24)21(13)3)22(16)8-10-4-6-11(17)7-5-10/h4-7,9,20H,8H2,1-3H3,(H,19,23,24). The minimum absolute atomic E-state index is 0.00354. The van der Waals surface area contributed by atoms with Gasteiger partial charge in [-0.3, -0.25) is 14.3 Å². The van der Waals surface area contributed by atoms with Gasteiger partial charge in [0.1, 0.15) is 0 Å². The third-order valence-corrected chi connectivity index (χ3v) is 5.68. The number of hydrogen-bond acceptors (Lipinski definition) is 5. The predicted octanol–water partition coefficient (Wildman–Crippen LogP) is 0.812. The fraction of sp³-hybridized carbons (Fsp3) is 0.312. The lowest BCUT2D eigenvalue weighted by molar-refractivity contribution is 0.550. The van der Waals surface area contributed by atoms with E-state index in [1.807, 2.05) is 0 Å². The van der Waals surface area contributed by atoms with E-state index in [0.29, 0.717) is 10.6 Å². The van der Waals surface area contributed by atoms with Crippen LogP contribution >= 0.6 is 11.6 Å². The van der Waals surface area contributed by atoms with Crippen LogP contribution in [0, 0.1) is 0 Å². The second kappa shape index (κ2) is 6.95. The number of rotatable bonds is 5. The van der Waals surface area contributed by atoms with Crippen molar-refractivity contribution < 1.29 is 8.42 Å². The molecule has 0 unspecified atom stereocenters. The van der Waals surface area contributed by atoms with E-state index in [9.17, 15) is 18.0 Å². The number of halogens is 1. The van der Waals surface area contributed by atoms with Crippen molar-refractivity contribution >= 4 is 32.8 Å². The number of hydrogen-bond donors (Lipinski definition) is 2. The highest BCUT2D eigenvalue weighted by atomic mass is 35.5. The van der Waals surface area contributed by atoms with Crippen LogP contribution in [0.2, 0.25) is 5.02 Å². The summed E-state index contributed by atoms with van der Waals surface area (Å²) < 4.78 is 30.4. The summed E-state index contributed by atoms with van der Waals surface area (Å²) >= 11 is 5.90. The maximum atomic E-state index is 12.8. The summed E-state index contributed by atoms with van der Waals surface area (Å²) in [5, 5.41) is 0.191. The first-order valence-electron chi connectivity index (χ1n) is 8.06. The summed E-state index contributed by atoms with van der Waals surface area (Å²) in [6.45, 7) is 3.40. The first kappa shape index (κ1) is 19.3. The van der Waals surface area contributed by atoms with Crippen molar-refractivity contribution in [2.45, 2.75) is 31.6 Å². The molecular formula is C16H18ClN5O4S. The molecule has 0 radical (unpaired) electrons. The fourth-order valence-electron chi connectivity index (χ4n) is 2.70. The van der Waals surface area contributed by atoms with E-state index >= 15 is 0 Å². The molecule has 0 aliphatic carbocycles. The van der Waals surface area contributed by atoms with E-state index < -0.39 is 21.3 Å². The normalized spacial score (nSPS) is 12.2. The number of aryl methyl sites for hydroxylation is 1. The van der Waals surface area contributed by atoms with Crippen molar-refractivity contribution in [3.8, 4) is 0 Å². The molecule has 0 saturated carbocycles. The average Bonchev–Trinajstić information content (AvgIpc) is 2.94. The zero-order valence-corrected chi connectivity index (χ0v) is 16.4. The Morgan fingerprint density at radius 2 is 1.85 bits per heavy atom. The molecule has 2 heterocycles. The topological polar surface area (TPSA) is 119 Å². The first-order chi connectivity index (χ1) is 12.6. The van der Waals surface area contributed by atoms with Gasteiger partial charge in [0.15, 0.2) is 11.2 Å². The summed E-state index contributed by atoms with van der Waals surface area (Å²) in [4.78, 5) is 30.6. The molecule has 1 aromatic carbocycles. The number of imidazole rings is 1. The summed E-state index contributed by atoms with van der Waals surface area (Å²) in [6.07, 6.45) is 0. The lowest BCUT2D eigenvalue weighted by atomic mass is 10.2. The predicted molar refractivity (Wildman–Crippen MR) is 102 cm³/mol. The molecule has 9 nitrogen and oxygen atoms in total. The van der Waals surface area contributed by atoms with Gasteiger partial charge in [0.05, 0.1) is 6.54 Å². The minimum atomic E-state index is -4.02. The molecule has 3 rings (SSSR count). The van der Waals surface area contributed by atoms with E-state index in [4.69, 9.17) is 11.6 Å². The average molecular weight is 412 g/mol. The summed E-state index contributed by atoms with van der Waals surface area (Å²) in [5.74, 6) is 0. The maximum Gasteiger partial charge on any atom is 0.329 e. The third kappa shape index (κ3) is 3.68. The Bertz CT molecular complexity index is 1220. The molecule has 0 aliphatic rings. The van der Waals surface area contributed by atoms with Crippen molar-refractivity contribution in [3.63, 3.8) is 0 Å². The molecule has 0 aliphatic heterocycles. The van der Waals surface area contributed by atoms with Crippen LogP contribution < -0.4 is 16.0 Å². The second-order valence-electron chi connectivity index (χ2n) is 6.37. The smallest absolute Gasteiger partial charge is 0.303 e. The van der Waals surface area contributed by atoms with Crippen LogP contribution in [0.15, 0.2) is 39.0 Å². The first-order valence-corrected chi connectivity index (χ1v) is 9.92. The molecule has 0 fully saturated rings. The summed E-state index contributed by atoms with van der Waals surface area (Å²) in [6, 6.07) is 6.39. The van der Waals surface area contributed by atoms with Gasteiger partial charge in [-0.25, -0.2) is 17.9 Å². The van der Waals surface area contributed by atoms with Gasteiger partial charge in [-0.1, -0.05) is 23.7 Å². The van der Waals surface area contributed by atoms with Gasteiger partial charge < -0.3 is 4.57 Å². The van der Waals surface area contributed by atoms with Gasteiger partial charge in [-0.15, -0.1) is 0 Å². The van der Waals surface area contributed by atoms with Gasteiger partial charge in [-0.05, 0) is 31.5 Å². The monoisotopic (exact) mass is 411 g/mol. The highest BCUT2D eigenvalue weighted by Gasteiger charge is 2.27. The van der Waals surface area contributed by atoms with Crippen molar-refractivity contribution in [1.29, 1.82) is 0 Å². The molecular weight excluding hydrogens is 394 g/mol. The van der Waals surface area contributed by atoms with Crippen LogP contribution in [0.1, 0.15) is 19.4 Å². The van der Waals surface area contributed by atoms with Crippen molar-refractivity contribution in [2.75, 3.05) is 0 Å². The van der Waals surface area contributed by atoms with E-state index in [2.05, 4.69) is 14.7 Å². The Morgan fingerprint density at radius 1 is 1.22 bits per heavy atom. The molecule has 2 aromatic heterocycles. The van der Waals surface area contributed by atoms with Gasteiger partial charge in [0, 0.05) is 18.1 Å². The molecule has 0 saturated heterocycles. The van der Waals surface area contributed by atoms with Gasteiger partial charge >= 0.3 is 5.69 Å². The van der Waals surface area contributed by atoms with Crippen LogP contribution in [0.5, 0.6) is 0 Å². The number of sulfonamides is 1. The third-order valence-electron chi connectivity index (χ3n) is 3.86. The van der Waals surface area contributed by atoms with Gasteiger partial charge in [0.2, 0.25) is 5.16 Å². The van der Waals surface area contributed by atoms with Crippen molar-refractivity contribution in [3.05, 3.63) is 55.7 Å². The van der Waals surface area contributed by atoms with Gasteiger partial charge in [-0.2, -0.15) is 4.98 Å². The quantitative estimate of drug-likeness (QED) is 0.644. The largest absolute Gasteiger partial charge is 0.329 e. The molecule has 0 atom stereocenters. The second-order valence-corrected chi connectivity index (χ2v) is 8.42. The zero-order valence-electron chi connectivity index (χ0n) is 14.9. The Kier molecular flexibility index (Phi) is 4.98. The van der Waals surface area contributed by atoms with Crippen LogP contribution in [-0.4, -0.2) is 33.6 Å². The highest BCUT2D eigenvalue weighted by Crippen LogP contribution is 2.19. The Labute approximate surface area is 159 Å². The molecule has 0 bridgehead atoms. The Morgan fingerprint density at radius 3 is 2.44 bits per heavy atom. The summed E-state index contributed by atoms with van der Waals surface area (Å²) in [5.41, 5.74) is -0.684. The number of fused-ring (bicyclic) bond motifs is 1.